The van der Waals surface area contributed by atoms with Crippen molar-refractivity contribution in [1.29, 1.82) is 0 Å². The molecule has 1 aliphatic heterocycles. The Bertz CT molecular complexity index is 1270. The summed E-state index contributed by atoms with van der Waals surface area (Å²) in [4.78, 5) is 13.0. The maximum Gasteiger partial charge on any atom is 0.270 e. The normalized spacial score (nSPS) is 14.6. The van der Waals surface area contributed by atoms with E-state index in [4.69, 9.17) is 4.74 Å². The summed E-state index contributed by atoms with van der Waals surface area (Å²) < 4.78 is 33.4. The number of rotatable bonds is 6. The van der Waals surface area contributed by atoms with Gasteiger partial charge < -0.3 is 10.1 Å². The van der Waals surface area contributed by atoms with Crippen molar-refractivity contribution < 1.29 is 17.9 Å². The molecule has 1 N–H and O–H groups in total. The summed E-state index contributed by atoms with van der Waals surface area (Å²) in [7, 11) is -2.58. The smallest absolute Gasteiger partial charge is 0.270 e. The summed E-state index contributed by atoms with van der Waals surface area (Å²) >= 11 is 0. The van der Waals surface area contributed by atoms with Crippen molar-refractivity contribution in [2.24, 2.45) is 0 Å². The fourth-order valence-electron chi connectivity index (χ4n) is 3.73. The number of nitrogens with zero attached hydrogens (tertiary/aromatic N) is 1. The summed E-state index contributed by atoms with van der Waals surface area (Å²) in [5.74, 6) is 0.101. The van der Waals surface area contributed by atoms with E-state index in [1.807, 2.05) is 73.7 Å². The zero-order valence-electron chi connectivity index (χ0n) is 17.9. The molecule has 0 radical (unpaired) electrons. The van der Waals surface area contributed by atoms with E-state index in [-0.39, 0.29) is 11.4 Å². The molecule has 164 valence electrons. The Labute approximate surface area is 188 Å². The topological polar surface area (TPSA) is 75.7 Å². The zero-order valence-corrected chi connectivity index (χ0v) is 18.7. The van der Waals surface area contributed by atoms with E-state index < -0.39 is 15.9 Å². The van der Waals surface area contributed by atoms with Gasteiger partial charge in [-0.15, -0.1) is 0 Å². The van der Waals surface area contributed by atoms with Gasteiger partial charge >= 0.3 is 0 Å². The van der Waals surface area contributed by atoms with Crippen LogP contribution in [0.4, 0.5) is 5.69 Å². The Hall–Kier alpha value is -3.58. The summed E-state index contributed by atoms with van der Waals surface area (Å²) in [5.41, 5.74) is 3.15. The Balaban J connectivity index is 1.75. The number of fused-ring (bicyclic) bond motifs is 1. The van der Waals surface area contributed by atoms with E-state index in [2.05, 4.69) is 5.32 Å². The maximum atomic E-state index is 13.4. The number of anilines is 1. The molecule has 3 aromatic carbocycles. The SMILES string of the molecule is CCOc1ccc(CNC(=O)C2=C(c3ccccc3)c3ccccc3N(C)S2(=O)=O)cc1. The van der Waals surface area contributed by atoms with Gasteiger partial charge in [0.25, 0.3) is 15.9 Å². The third-order valence-electron chi connectivity index (χ3n) is 5.31. The summed E-state index contributed by atoms with van der Waals surface area (Å²) in [6, 6.07) is 23.6. The van der Waals surface area contributed by atoms with E-state index in [0.29, 0.717) is 29.0 Å². The molecule has 0 atom stereocenters. The number of nitrogens with one attached hydrogen (secondary N) is 1. The van der Waals surface area contributed by atoms with Gasteiger partial charge in [0, 0.05) is 24.7 Å². The molecule has 0 saturated carbocycles. The lowest BCUT2D eigenvalue weighted by Crippen LogP contribution is -2.39. The molecule has 0 saturated heterocycles. The van der Waals surface area contributed by atoms with Crippen molar-refractivity contribution in [2.75, 3.05) is 18.0 Å². The van der Waals surface area contributed by atoms with Gasteiger partial charge in [0.1, 0.15) is 5.75 Å². The Morgan fingerprint density at radius 3 is 2.28 bits per heavy atom. The molecular weight excluding hydrogens is 424 g/mol. The number of hydrogen-bond acceptors (Lipinski definition) is 4. The quantitative estimate of drug-likeness (QED) is 0.620. The predicted octanol–water partition coefficient (Wildman–Crippen LogP) is 3.94. The molecule has 0 bridgehead atoms. The number of benzene rings is 3. The van der Waals surface area contributed by atoms with Crippen LogP contribution in [0.15, 0.2) is 83.8 Å². The number of para-hydroxylation sites is 1. The van der Waals surface area contributed by atoms with Gasteiger partial charge in [-0.05, 0) is 36.2 Å². The highest BCUT2D eigenvalue weighted by Gasteiger charge is 2.39. The molecule has 7 heteroatoms. The largest absolute Gasteiger partial charge is 0.494 e. The Morgan fingerprint density at radius 2 is 1.59 bits per heavy atom. The standard InChI is InChI=1S/C25H24N2O4S/c1-3-31-20-15-13-18(14-16-20)17-26-25(28)24-23(19-9-5-4-6-10-19)21-11-7-8-12-22(21)27(2)32(24,29)30/h4-16H,3,17H2,1-2H3,(H,26,28). The lowest BCUT2D eigenvalue weighted by molar-refractivity contribution is -0.116. The molecule has 1 aliphatic rings. The number of sulfonamides is 1. The third-order valence-corrected chi connectivity index (χ3v) is 7.14. The average molecular weight is 449 g/mol. The molecule has 1 amide bonds. The van der Waals surface area contributed by atoms with Crippen molar-refractivity contribution in [1.82, 2.24) is 5.32 Å². The van der Waals surface area contributed by atoms with Gasteiger partial charge in [-0.3, -0.25) is 9.10 Å². The Kier molecular flexibility index (Phi) is 6.01. The van der Waals surface area contributed by atoms with Crippen LogP contribution in [0.3, 0.4) is 0 Å². The van der Waals surface area contributed by atoms with Crippen LogP contribution in [0.25, 0.3) is 5.57 Å². The van der Waals surface area contributed by atoms with E-state index in [1.54, 1.807) is 12.1 Å². The molecule has 32 heavy (non-hydrogen) atoms. The molecule has 0 spiro atoms. The minimum atomic E-state index is -4.05. The molecule has 1 heterocycles. The predicted molar refractivity (Wildman–Crippen MR) is 126 cm³/mol. The molecule has 0 aliphatic carbocycles. The number of carbonyl (C=O) groups is 1. The number of hydrogen-bond donors (Lipinski definition) is 1. The number of ether oxygens (including phenoxy) is 1. The second-order valence-electron chi connectivity index (χ2n) is 7.32. The van der Waals surface area contributed by atoms with Crippen LogP contribution in [0.1, 0.15) is 23.6 Å². The summed E-state index contributed by atoms with van der Waals surface area (Å²) in [5, 5.41) is 2.78. The minimum Gasteiger partial charge on any atom is -0.494 e. The van der Waals surface area contributed by atoms with Crippen LogP contribution in [-0.2, 0) is 21.4 Å². The first kappa shape index (κ1) is 21.6. The highest BCUT2D eigenvalue weighted by Crippen LogP contribution is 2.41. The van der Waals surface area contributed by atoms with Gasteiger partial charge in [-0.1, -0.05) is 60.7 Å². The summed E-state index contributed by atoms with van der Waals surface area (Å²) in [6.45, 7) is 2.67. The maximum absolute atomic E-state index is 13.4. The second kappa shape index (κ2) is 8.88. The molecule has 6 nitrogen and oxygen atoms in total. The van der Waals surface area contributed by atoms with Crippen LogP contribution in [-0.4, -0.2) is 28.0 Å². The first-order chi connectivity index (χ1) is 15.4. The van der Waals surface area contributed by atoms with Crippen LogP contribution in [0.5, 0.6) is 5.75 Å². The fourth-order valence-corrected chi connectivity index (χ4v) is 5.22. The van der Waals surface area contributed by atoms with Crippen molar-refractivity contribution >= 4 is 27.2 Å². The van der Waals surface area contributed by atoms with Gasteiger partial charge in [0.2, 0.25) is 0 Å². The van der Waals surface area contributed by atoms with Gasteiger partial charge in [-0.2, -0.15) is 0 Å². The first-order valence-corrected chi connectivity index (χ1v) is 11.8. The fraction of sp³-hybridized carbons (Fsp3) is 0.160. The zero-order chi connectivity index (χ0) is 22.7. The Morgan fingerprint density at radius 1 is 0.938 bits per heavy atom. The molecular formula is C25H24N2O4S. The van der Waals surface area contributed by atoms with Crippen molar-refractivity contribution in [3.8, 4) is 5.75 Å². The van der Waals surface area contributed by atoms with Crippen LogP contribution < -0.4 is 14.4 Å². The molecule has 0 fully saturated rings. The third kappa shape index (κ3) is 3.99. The lowest BCUT2D eigenvalue weighted by Gasteiger charge is -2.30. The minimum absolute atomic E-state index is 0.192. The molecule has 4 rings (SSSR count). The van der Waals surface area contributed by atoms with E-state index >= 15 is 0 Å². The van der Waals surface area contributed by atoms with Crippen molar-refractivity contribution in [2.45, 2.75) is 13.5 Å². The number of carbonyl (C=O) groups excluding carboxylic acids is 1. The molecule has 0 unspecified atom stereocenters. The van der Waals surface area contributed by atoms with Crippen LogP contribution in [0.2, 0.25) is 0 Å². The van der Waals surface area contributed by atoms with E-state index in [0.717, 1.165) is 11.3 Å². The highest BCUT2D eigenvalue weighted by atomic mass is 32.2. The molecule has 3 aromatic rings. The van der Waals surface area contributed by atoms with E-state index in [1.165, 1.54) is 11.4 Å². The van der Waals surface area contributed by atoms with Crippen LogP contribution in [0, 0.1) is 0 Å². The summed E-state index contributed by atoms with van der Waals surface area (Å²) in [6.07, 6.45) is 0. The van der Waals surface area contributed by atoms with Crippen molar-refractivity contribution in [3.05, 3.63) is 100 Å². The van der Waals surface area contributed by atoms with Gasteiger partial charge in [-0.25, -0.2) is 8.42 Å². The number of amides is 1. The van der Waals surface area contributed by atoms with Crippen molar-refractivity contribution in [3.63, 3.8) is 0 Å². The molecule has 0 aromatic heterocycles. The second-order valence-corrected chi connectivity index (χ2v) is 9.23. The van der Waals surface area contributed by atoms with Gasteiger partial charge in [0.05, 0.1) is 12.3 Å². The monoisotopic (exact) mass is 448 g/mol. The highest BCUT2D eigenvalue weighted by molar-refractivity contribution is 7.97. The van der Waals surface area contributed by atoms with E-state index in [9.17, 15) is 13.2 Å². The lowest BCUT2D eigenvalue weighted by atomic mass is 9.95. The first-order valence-electron chi connectivity index (χ1n) is 10.3. The van der Waals surface area contributed by atoms with Gasteiger partial charge in [0.15, 0.2) is 4.91 Å². The van der Waals surface area contributed by atoms with Crippen LogP contribution >= 0.6 is 0 Å². The average Bonchev–Trinajstić information content (AvgIpc) is 2.81.